The number of hydrogen-bond donors (Lipinski definition) is 3. The third-order valence-corrected chi connectivity index (χ3v) is 1.42. The van der Waals surface area contributed by atoms with Gasteiger partial charge in [0, 0.05) is 18.7 Å². The molecule has 1 rings (SSSR count). The van der Waals surface area contributed by atoms with E-state index in [1.165, 1.54) is 0 Å². The monoisotopic (exact) mass is 159 g/mol. The van der Waals surface area contributed by atoms with Crippen molar-refractivity contribution in [2.24, 2.45) is 0 Å². The number of imidazole rings is 1. The number of nitrogens with zero attached hydrogens (tertiary/aromatic N) is 1. The van der Waals surface area contributed by atoms with Crippen molar-refractivity contribution in [3.8, 4) is 0 Å². The first-order valence-electron chi connectivity index (χ1n) is 2.98. The smallest absolute Gasteiger partial charge is 0.203 e. The summed E-state index contributed by atoms with van der Waals surface area (Å²) in [6.07, 6.45) is 2.32. The van der Waals surface area contributed by atoms with E-state index >= 15 is 0 Å². The van der Waals surface area contributed by atoms with E-state index in [4.69, 9.17) is 5.11 Å². The predicted molar refractivity (Wildman–Crippen MR) is 42.7 cm³/mol. The van der Waals surface area contributed by atoms with E-state index in [0.29, 0.717) is 12.4 Å². The number of anilines is 1. The molecule has 0 fully saturated rings. The Hall–Kier alpha value is -0.600. The summed E-state index contributed by atoms with van der Waals surface area (Å²) in [6.45, 7) is 0.151. The van der Waals surface area contributed by atoms with Crippen LogP contribution in [-0.2, 0) is 6.42 Å². The lowest BCUT2D eigenvalue weighted by Crippen LogP contribution is -1.90. The highest BCUT2D eigenvalue weighted by Gasteiger charge is 1.95. The molecular weight excluding hydrogens is 149 g/mol. The van der Waals surface area contributed by atoms with Gasteiger partial charge in [0.25, 0.3) is 0 Å². The third-order valence-electron chi connectivity index (χ3n) is 1.15. The molecule has 0 aliphatic rings. The van der Waals surface area contributed by atoms with Gasteiger partial charge in [-0.3, -0.25) is 0 Å². The molecule has 1 atom stereocenters. The fourth-order valence-electron chi connectivity index (χ4n) is 0.680. The molecular formula is C5H10N3OP. The van der Waals surface area contributed by atoms with Crippen molar-refractivity contribution in [1.29, 1.82) is 0 Å². The maximum atomic E-state index is 8.53. The Morgan fingerprint density at radius 1 is 1.80 bits per heavy atom. The molecule has 4 nitrogen and oxygen atoms in total. The number of aliphatic hydroxyl groups is 1. The van der Waals surface area contributed by atoms with Crippen molar-refractivity contribution in [2.45, 2.75) is 6.42 Å². The first-order chi connectivity index (χ1) is 4.86. The van der Waals surface area contributed by atoms with E-state index in [2.05, 4.69) is 24.4 Å². The first kappa shape index (κ1) is 7.51. The lowest BCUT2D eigenvalue weighted by Gasteiger charge is -1.90. The number of H-pyrrole nitrogens is 1. The van der Waals surface area contributed by atoms with Crippen LogP contribution >= 0.6 is 9.39 Å². The van der Waals surface area contributed by atoms with Crippen LogP contribution in [0.15, 0.2) is 6.20 Å². The zero-order valence-corrected chi connectivity index (χ0v) is 6.62. The van der Waals surface area contributed by atoms with Gasteiger partial charge in [0.05, 0.1) is 6.20 Å². The molecule has 1 aromatic heterocycles. The van der Waals surface area contributed by atoms with Crippen molar-refractivity contribution >= 4 is 15.3 Å². The Labute approximate surface area is 61.3 Å². The highest BCUT2D eigenvalue weighted by Crippen LogP contribution is 2.03. The van der Waals surface area contributed by atoms with Gasteiger partial charge in [-0.25, -0.2) is 4.98 Å². The van der Waals surface area contributed by atoms with Gasteiger partial charge in [-0.05, 0) is 9.39 Å². The van der Waals surface area contributed by atoms with Gasteiger partial charge < -0.3 is 15.2 Å². The summed E-state index contributed by atoms with van der Waals surface area (Å²) in [5, 5.41) is 11.3. The minimum atomic E-state index is 0.151. The lowest BCUT2D eigenvalue weighted by atomic mass is 10.4. The van der Waals surface area contributed by atoms with Gasteiger partial charge in [0.15, 0.2) is 0 Å². The normalized spacial score (nSPS) is 9.80. The second-order valence-electron chi connectivity index (χ2n) is 1.87. The van der Waals surface area contributed by atoms with Crippen molar-refractivity contribution in [3.05, 3.63) is 11.9 Å². The van der Waals surface area contributed by atoms with E-state index in [-0.39, 0.29) is 6.61 Å². The van der Waals surface area contributed by atoms with Gasteiger partial charge in [-0.1, -0.05) is 0 Å². The van der Waals surface area contributed by atoms with E-state index in [9.17, 15) is 0 Å². The molecule has 0 saturated heterocycles. The number of aromatic nitrogens is 2. The second kappa shape index (κ2) is 3.54. The zero-order chi connectivity index (χ0) is 7.40. The summed E-state index contributed by atoms with van der Waals surface area (Å²) < 4.78 is 0. The summed E-state index contributed by atoms with van der Waals surface area (Å²) >= 11 is 0. The molecule has 0 aromatic carbocycles. The van der Waals surface area contributed by atoms with Crippen LogP contribution in [0.4, 0.5) is 5.95 Å². The average Bonchev–Trinajstić information content (AvgIpc) is 2.37. The number of aliphatic hydroxyl groups excluding tert-OH is 1. The first-order valence-corrected chi connectivity index (χ1v) is 3.56. The van der Waals surface area contributed by atoms with Gasteiger partial charge in [0.2, 0.25) is 5.95 Å². The summed E-state index contributed by atoms with van der Waals surface area (Å²) in [5.41, 5.74) is 0.937. The van der Waals surface area contributed by atoms with Crippen LogP contribution in [0.25, 0.3) is 0 Å². The van der Waals surface area contributed by atoms with Crippen LogP contribution in [0, 0.1) is 0 Å². The standard InChI is InChI=1S/C5H10N3OP/c9-2-1-4-3-6-5(7-4)8-10/h3,9H,1-2,10H2,(H2,6,7,8). The van der Waals surface area contributed by atoms with Crippen LogP contribution in [0.1, 0.15) is 5.69 Å². The number of aromatic amines is 1. The van der Waals surface area contributed by atoms with Crippen LogP contribution in [-0.4, -0.2) is 21.7 Å². The molecule has 0 saturated carbocycles. The second-order valence-corrected chi connectivity index (χ2v) is 2.16. The molecule has 0 aliphatic carbocycles. The fraction of sp³-hybridized carbons (Fsp3) is 0.400. The molecule has 1 heterocycles. The Kier molecular flexibility index (Phi) is 2.66. The van der Waals surface area contributed by atoms with Crippen LogP contribution in [0.3, 0.4) is 0 Å². The summed E-state index contributed by atoms with van der Waals surface area (Å²) in [7, 11) is 2.34. The molecule has 10 heavy (non-hydrogen) atoms. The van der Waals surface area contributed by atoms with E-state index in [1.807, 2.05) is 0 Å². The number of hydrogen-bond acceptors (Lipinski definition) is 3. The molecule has 0 amide bonds. The molecule has 0 bridgehead atoms. The summed E-state index contributed by atoms with van der Waals surface area (Å²) in [4.78, 5) is 6.92. The van der Waals surface area contributed by atoms with Crippen molar-refractivity contribution in [2.75, 3.05) is 11.7 Å². The number of nitrogens with one attached hydrogen (secondary N) is 2. The van der Waals surface area contributed by atoms with Gasteiger partial charge in [-0.15, -0.1) is 0 Å². The fourth-order valence-corrected chi connectivity index (χ4v) is 0.827. The minimum absolute atomic E-state index is 0.151. The highest BCUT2D eigenvalue weighted by molar-refractivity contribution is 7.18. The molecule has 5 heteroatoms. The van der Waals surface area contributed by atoms with E-state index < -0.39 is 0 Å². The molecule has 0 radical (unpaired) electrons. The lowest BCUT2D eigenvalue weighted by molar-refractivity contribution is 0.298. The molecule has 1 unspecified atom stereocenters. The third kappa shape index (κ3) is 1.69. The molecule has 3 N–H and O–H groups in total. The van der Waals surface area contributed by atoms with Crippen molar-refractivity contribution < 1.29 is 5.11 Å². The van der Waals surface area contributed by atoms with Crippen LogP contribution < -0.4 is 5.09 Å². The Balaban J connectivity index is 2.59. The Morgan fingerprint density at radius 2 is 2.60 bits per heavy atom. The quantitative estimate of drug-likeness (QED) is 0.550. The van der Waals surface area contributed by atoms with Crippen molar-refractivity contribution in [1.82, 2.24) is 9.97 Å². The van der Waals surface area contributed by atoms with Crippen LogP contribution in [0.2, 0.25) is 0 Å². The predicted octanol–water partition coefficient (Wildman–Crippen LogP) is 0.146. The number of rotatable bonds is 3. The molecule has 56 valence electrons. The van der Waals surface area contributed by atoms with Gasteiger partial charge in [-0.2, -0.15) is 0 Å². The van der Waals surface area contributed by atoms with Crippen molar-refractivity contribution in [3.63, 3.8) is 0 Å². The molecule has 0 spiro atoms. The van der Waals surface area contributed by atoms with Gasteiger partial charge >= 0.3 is 0 Å². The SMILES string of the molecule is OCCc1cnc(NP)[nH]1. The minimum Gasteiger partial charge on any atom is -0.396 e. The van der Waals surface area contributed by atoms with E-state index in [0.717, 1.165) is 5.69 Å². The van der Waals surface area contributed by atoms with Gasteiger partial charge in [0.1, 0.15) is 0 Å². The Morgan fingerprint density at radius 3 is 3.10 bits per heavy atom. The molecule has 0 aliphatic heterocycles. The summed E-state index contributed by atoms with van der Waals surface area (Å²) in [6, 6.07) is 0. The zero-order valence-electron chi connectivity index (χ0n) is 5.46. The Bertz CT molecular complexity index is 201. The maximum absolute atomic E-state index is 8.53. The highest BCUT2D eigenvalue weighted by atomic mass is 31.0. The summed E-state index contributed by atoms with van der Waals surface area (Å²) in [5.74, 6) is 0.702. The maximum Gasteiger partial charge on any atom is 0.203 e. The average molecular weight is 159 g/mol. The van der Waals surface area contributed by atoms with Crippen LogP contribution in [0.5, 0.6) is 0 Å². The topological polar surface area (TPSA) is 60.9 Å². The van der Waals surface area contributed by atoms with E-state index in [1.54, 1.807) is 6.20 Å². The molecule has 1 aromatic rings. The largest absolute Gasteiger partial charge is 0.396 e.